The smallest absolute Gasteiger partial charge is 0.233 e. The molecule has 4 nitrogen and oxygen atoms in total. The Morgan fingerprint density at radius 3 is 2.56 bits per heavy atom. The van der Waals surface area contributed by atoms with E-state index in [1.54, 1.807) is 19.1 Å². The van der Waals surface area contributed by atoms with Crippen LogP contribution in [-0.4, -0.2) is 23.1 Å². The summed E-state index contributed by atoms with van der Waals surface area (Å²) in [6.07, 6.45) is 0. The number of ether oxygens (including phenoxy) is 1. The molecular formula is C13H11FN2O2. The minimum absolute atomic E-state index is 0.152. The number of carbonyl (C=O) groups excluding carboxylic acids is 1. The predicted octanol–water partition coefficient (Wildman–Crippen LogP) is 2.16. The van der Waals surface area contributed by atoms with E-state index in [0.29, 0.717) is 11.4 Å². The first-order valence-electron chi connectivity index (χ1n) is 5.30. The van der Waals surface area contributed by atoms with Crippen LogP contribution in [0.25, 0.3) is 0 Å². The van der Waals surface area contributed by atoms with E-state index in [-0.39, 0.29) is 17.0 Å². The van der Waals surface area contributed by atoms with Crippen LogP contribution >= 0.6 is 0 Å². The number of aryl methyl sites for hydroxylation is 1. The summed E-state index contributed by atoms with van der Waals surface area (Å²) in [4.78, 5) is 12.0. The number of aromatic nitrogens is 2. The number of halogens is 1. The maximum Gasteiger partial charge on any atom is 0.233 e. The van der Waals surface area contributed by atoms with Gasteiger partial charge in [-0.1, -0.05) is 12.1 Å². The Kier molecular flexibility index (Phi) is 3.32. The number of nitrogens with zero attached hydrogens (tertiary/aromatic N) is 2. The average molecular weight is 246 g/mol. The normalized spacial score (nSPS) is 10.2. The summed E-state index contributed by atoms with van der Waals surface area (Å²) in [5.41, 5.74) is 0.893. The second-order valence-corrected chi connectivity index (χ2v) is 3.75. The highest BCUT2D eigenvalue weighted by molar-refractivity contribution is 6.07. The lowest BCUT2D eigenvalue weighted by Crippen LogP contribution is -2.06. The minimum Gasteiger partial charge on any atom is -0.480 e. The molecule has 0 aliphatic rings. The second-order valence-electron chi connectivity index (χ2n) is 3.75. The zero-order valence-corrected chi connectivity index (χ0v) is 9.98. The van der Waals surface area contributed by atoms with Gasteiger partial charge in [0.1, 0.15) is 11.5 Å². The largest absolute Gasteiger partial charge is 0.480 e. The molecule has 92 valence electrons. The first-order valence-corrected chi connectivity index (χ1v) is 5.30. The van der Waals surface area contributed by atoms with Gasteiger partial charge in [0.15, 0.2) is 0 Å². The van der Waals surface area contributed by atoms with Crippen LogP contribution in [0, 0.1) is 12.7 Å². The third-order valence-electron chi connectivity index (χ3n) is 2.52. The lowest BCUT2D eigenvalue weighted by molar-refractivity contribution is 0.103. The molecule has 18 heavy (non-hydrogen) atoms. The van der Waals surface area contributed by atoms with Gasteiger partial charge in [0, 0.05) is 11.6 Å². The molecule has 0 bridgehead atoms. The van der Waals surface area contributed by atoms with Gasteiger partial charge < -0.3 is 4.74 Å². The Morgan fingerprint density at radius 1 is 1.22 bits per heavy atom. The van der Waals surface area contributed by atoms with Crippen molar-refractivity contribution in [2.24, 2.45) is 0 Å². The summed E-state index contributed by atoms with van der Waals surface area (Å²) in [6, 6.07) is 7.34. The van der Waals surface area contributed by atoms with Crippen LogP contribution in [0.2, 0.25) is 0 Å². The molecule has 0 saturated carbocycles. The lowest BCUT2D eigenvalue weighted by Gasteiger charge is -2.02. The summed E-state index contributed by atoms with van der Waals surface area (Å²) in [5.74, 6) is -0.465. The first kappa shape index (κ1) is 12.2. The van der Waals surface area contributed by atoms with Crippen molar-refractivity contribution in [3.8, 4) is 5.88 Å². The Morgan fingerprint density at radius 2 is 2.00 bits per heavy atom. The highest BCUT2D eigenvalue weighted by atomic mass is 19.1. The Labute approximate surface area is 103 Å². The zero-order valence-electron chi connectivity index (χ0n) is 9.98. The van der Waals surface area contributed by atoms with Gasteiger partial charge in [0.25, 0.3) is 0 Å². The van der Waals surface area contributed by atoms with Crippen LogP contribution < -0.4 is 4.74 Å². The molecule has 0 aliphatic carbocycles. The third kappa shape index (κ3) is 2.34. The Hall–Kier alpha value is -2.30. The molecule has 0 amide bonds. The van der Waals surface area contributed by atoms with Crippen LogP contribution in [-0.2, 0) is 0 Å². The van der Waals surface area contributed by atoms with Crippen LogP contribution in [0.3, 0.4) is 0 Å². The van der Waals surface area contributed by atoms with E-state index in [9.17, 15) is 9.18 Å². The molecule has 1 aromatic heterocycles. The monoisotopic (exact) mass is 246 g/mol. The van der Waals surface area contributed by atoms with Gasteiger partial charge in [0.2, 0.25) is 11.7 Å². The van der Waals surface area contributed by atoms with Crippen molar-refractivity contribution in [3.05, 3.63) is 53.0 Å². The third-order valence-corrected chi connectivity index (χ3v) is 2.52. The number of rotatable bonds is 3. The zero-order chi connectivity index (χ0) is 13.1. The van der Waals surface area contributed by atoms with Gasteiger partial charge >= 0.3 is 0 Å². The second kappa shape index (κ2) is 4.91. The molecular weight excluding hydrogens is 235 g/mol. The van der Waals surface area contributed by atoms with Crippen molar-refractivity contribution in [2.75, 3.05) is 7.11 Å². The van der Waals surface area contributed by atoms with E-state index in [0.717, 1.165) is 0 Å². The van der Waals surface area contributed by atoms with E-state index in [1.165, 1.54) is 25.3 Å². The molecule has 0 atom stereocenters. The topological polar surface area (TPSA) is 52.1 Å². The molecule has 2 aromatic rings. The van der Waals surface area contributed by atoms with E-state index in [4.69, 9.17) is 4.74 Å². The number of methoxy groups -OCH3 is 1. The number of benzene rings is 1. The number of hydrogen-bond donors (Lipinski definition) is 0. The fraction of sp³-hybridized carbons (Fsp3) is 0.154. The minimum atomic E-state index is -0.415. The average Bonchev–Trinajstić information content (AvgIpc) is 2.41. The molecule has 5 heteroatoms. The van der Waals surface area contributed by atoms with Crippen LogP contribution in [0.1, 0.15) is 21.6 Å². The maximum atomic E-state index is 13.4. The SMILES string of the molecule is COc1ccc(C(=O)c2ccc(C)c(F)c2)nn1. The molecule has 0 aliphatic heterocycles. The molecule has 1 aromatic carbocycles. The standard InChI is InChI=1S/C13H11FN2O2/c1-8-3-4-9(7-10(8)14)13(17)11-5-6-12(18-2)16-15-11/h3-7H,1-2H3. The van der Waals surface area contributed by atoms with Gasteiger partial charge in [0.05, 0.1) is 7.11 Å². The van der Waals surface area contributed by atoms with E-state index >= 15 is 0 Å². The van der Waals surface area contributed by atoms with Gasteiger partial charge in [-0.2, -0.15) is 0 Å². The fourth-order valence-electron chi connectivity index (χ4n) is 1.43. The van der Waals surface area contributed by atoms with Crippen molar-refractivity contribution >= 4 is 5.78 Å². The van der Waals surface area contributed by atoms with E-state index in [1.807, 2.05) is 0 Å². The maximum absolute atomic E-state index is 13.4. The van der Waals surface area contributed by atoms with Crippen molar-refractivity contribution in [2.45, 2.75) is 6.92 Å². The van der Waals surface area contributed by atoms with Gasteiger partial charge in [-0.25, -0.2) is 4.39 Å². The van der Waals surface area contributed by atoms with Crippen molar-refractivity contribution in [1.29, 1.82) is 0 Å². The summed E-state index contributed by atoms with van der Waals surface area (Å²) < 4.78 is 18.2. The Bertz CT molecular complexity index is 582. The molecule has 1 heterocycles. The Balaban J connectivity index is 2.32. The van der Waals surface area contributed by atoms with E-state index < -0.39 is 5.82 Å². The van der Waals surface area contributed by atoms with Crippen LogP contribution in [0.4, 0.5) is 4.39 Å². The summed E-state index contributed by atoms with van der Waals surface area (Å²) in [6.45, 7) is 1.64. The molecule has 2 rings (SSSR count). The van der Waals surface area contributed by atoms with Gasteiger partial charge in [-0.05, 0) is 24.6 Å². The van der Waals surface area contributed by atoms with Crippen LogP contribution in [0.15, 0.2) is 30.3 Å². The van der Waals surface area contributed by atoms with Gasteiger partial charge in [-0.3, -0.25) is 4.79 Å². The number of ketones is 1. The summed E-state index contributed by atoms with van der Waals surface area (Å²) >= 11 is 0. The molecule has 0 unspecified atom stereocenters. The predicted molar refractivity (Wildman–Crippen MR) is 63.2 cm³/mol. The molecule has 0 radical (unpaired) electrons. The highest BCUT2D eigenvalue weighted by Crippen LogP contribution is 2.13. The van der Waals surface area contributed by atoms with E-state index in [2.05, 4.69) is 10.2 Å². The van der Waals surface area contributed by atoms with Gasteiger partial charge in [-0.15, -0.1) is 10.2 Å². The summed E-state index contributed by atoms with van der Waals surface area (Å²) in [7, 11) is 1.46. The van der Waals surface area contributed by atoms with Crippen LogP contribution in [0.5, 0.6) is 5.88 Å². The van der Waals surface area contributed by atoms with Crippen molar-refractivity contribution in [1.82, 2.24) is 10.2 Å². The molecule has 0 saturated heterocycles. The number of carbonyl (C=O) groups is 1. The molecule has 0 N–H and O–H groups in total. The van der Waals surface area contributed by atoms with Crippen molar-refractivity contribution in [3.63, 3.8) is 0 Å². The lowest BCUT2D eigenvalue weighted by atomic mass is 10.1. The summed E-state index contributed by atoms with van der Waals surface area (Å²) in [5, 5.41) is 7.43. The van der Waals surface area contributed by atoms with Crippen molar-refractivity contribution < 1.29 is 13.9 Å². The first-order chi connectivity index (χ1) is 8.61. The molecule has 0 fully saturated rings. The molecule has 0 spiro atoms. The quantitative estimate of drug-likeness (QED) is 0.779. The fourth-order valence-corrected chi connectivity index (χ4v) is 1.43. The highest BCUT2D eigenvalue weighted by Gasteiger charge is 2.13. The number of hydrogen-bond acceptors (Lipinski definition) is 4.